The number of ether oxygens (including phenoxy) is 2. The number of carbonyl (C=O) groups excluding carboxylic acids is 1. The van der Waals surface area contributed by atoms with Crippen LogP contribution in [0.1, 0.15) is 42.9 Å². The number of hydrogen-bond donors (Lipinski definition) is 2. The zero-order valence-corrected chi connectivity index (χ0v) is 16.1. The van der Waals surface area contributed by atoms with Crippen molar-refractivity contribution in [1.82, 2.24) is 5.32 Å². The van der Waals surface area contributed by atoms with E-state index in [-0.39, 0.29) is 18.6 Å². The van der Waals surface area contributed by atoms with E-state index in [0.29, 0.717) is 11.5 Å². The fraction of sp³-hybridized carbons (Fsp3) is 0.348. The van der Waals surface area contributed by atoms with E-state index >= 15 is 0 Å². The van der Waals surface area contributed by atoms with Crippen molar-refractivity contribution in [2.24, 2.45) is 0 Å². The molecule has 0 spiro atoms. The van der Waals surface area contributed by atoms with Crippen molar-refractivity contribution < 1.29 is 19.4 Å². The Labute approximate surface area is 166 Å². The van der Waals surface area contributed by atoms with E-state index in [1.165, 1.54) is 18.9 Å². The van der Waals surface area contributed by atoms with E-state index < -0.39 is 6.04 Å². The fourth-order valence-electron chi connectivity index (χ4n) is 3.39. The molecule has 1 aliphatic rings. The second-order valence-corrected chi connectivity index (χ2v) is 6.92. The minimum absolute atomic E-state index is 0.161. The molecule has 28 heavy (non-hydrogen) atoms. The van der Waals surface area contributed by atoms with Crippen molar-refractivity contribution in [3.05, 3.63) is 65.7 Å². The van der Waals surface area contributed by atoms with E-state index in [1.807, 2.05) is 48.5 Å². The standard InChI is InChI=1S/C23H27NO4/c1-27-21-13-11-17(15-22(21)28-19-9-5-6-10-19)12-14-23(26)24-20(16-25)18-7-3-2-4-8-18/h2-4,7-8,11-15,19-20,25H,5-6,9-10,16H2,1H3,(H,24,26)/b14-12+/t20-/m0/s1. The maximum absolute atomic E-state index is 12.3. The van der Waals surface area contributed by atoms with E-state index in [1.54, 1.807) is 13.2 Å². The lowest BCUT2D eigenvalue weighted by Gasteiger charge is -2.16. The predicted octanol–water partition coefficient (Wildman–Crippen LogP) is 3.88. The molecular weight excluding hydrogens is 354 g/mol. The summed E-state index contributed by atoms with van der Waals surface area (Å²) in [5.74, 6) is 1.13. The third-order valence-electron chi connectivity index (χ3n) is 4.91. The average molecular weight is 381 g/mol. The van der Waals surface area contributed by atoms with Gasteiger partial charge < -0.3 is 19.9 Å². The van der Waals surface area contributed by atoms with Crippen LogP contribution in [0.5, 0.6) is 11.5 Å². The maximum Gasteiger partial charge on any atom is 0.244 e. The van der Waals surface area contributed by atoms with Crippen LogP contribution in [0.2, 0.25) is 0 Å². The molecule has 0 bridgehead atoms. The highest BCUT2D eigenvalue weighted by atomic mass is 16.5. The smallest absolute Gasteiger partial charge is 0.244 e. The Hall–Kier alpha value is -2.79. The van der Waals surface area contributed by atoms with Gasteiger partial charge in [-0.15, -0.1) is 0 Å². The molecule has 0 saturated heterocycles. The molecule has 2 aromatic carbocycles. The van der Waals surface area contributed by atoms with Crippen molar-refractivity contribution in [3.63, 3.8) is 0 Å². The Bertz CT molecular complexity index is 798. The zero-order chi connectivity index (χ0) is 19.8. The average Bonchev–Trinajstić information content (AvgIpc) is 3.24. The van der Waals surface area contributed by atoms with Gasteiger partial charge in [-0.3, -0.25) is 4.79 Å². The summed E-state index contributed by atoms with van der Waals surface area (Å²) >= 11 is 0. The number of benzene rings is 2. The number of amides is 1. The van der Waals surface area contributed by atoms with Gasteiger partial charge in [-0.1, -0.05) is 36.4 Å². The van der Waals surface area contributed by atoms with Gasteiger partial charge in [0.1, 0.15) is 0 Å². The number of rotatable bonds is 8. The molecule has 2 N–H and O–H groups in total. The van der Waals surface area contributed by atoms with Crippen molar-refractivity contribution >= 4 is 12.0 Å². The second-order valence-electron chi connectivity index (χ2n) is 6.92. The second kappa shape index (κ2) is 9.95. The van der Waals surface area contributed by atoms with Crippen LogP contribution >= 0.6 is 0 Å². The molecule has 5 heteroatoms. The highest BCUT2D eigenvalue weighted by molar-refractivity contribution is 5.92. The molecule has 0 heterocycles. The zero-order valence-electron chi connectivity index (χ0n) is 16.1. The number of carbonyl (C=O) groups is 1. The third-order valence-corrected chi connectivity index (χ3v) is 4.91. The molecule has 0 unspecified atom stereocenters. The molecule has 148 valence electrons. The van der Waals surface area contributed by atoms with E-state index in [4.69, 9.17) is 9.47 Å². The first-order valence-electron chi connectivity index (χ1n) is 9.68. The summed E-state index contributed by atoms with van der Waals surface area (Å²) in [5.41, 5.74) is 1.72. The van der Waals surface area contributed by atoms with Crippen LogP contribution in [0.4, 0.5) is 0 Å². The van der Waals surface area contributed by atoms with Crippen molar-refractivity contribution in [3.8, 4) is 11.5 Å². The summed E-state index contributed by atoms with van der Waals surface area (Å²) in [5, 5.41) is 12.4. The van der Waals surface area contributed by atoms with Crippen LogP contribution in [0.25, 0.3) is 6.08 Å². The predicted molar refractivity (Wildman–Crippen MR) is 109 cm³/mol. The van der Waals surface area contributed by atoms with Crippen LogP contribution in [0, 0.1) is 0 Å². The van der Waals surface area contributed by atoms with Gasteiger partial charge in [0, 0.05) is 6.08 Å². The Morgan fingerprint density at radius 2 is 1.93 bits per heavy atom. The summed E-state index contributed by atoms with van der Waals surface area (Å²) < 4.78 is 11.5. The summed E-state index contributed by atoms with van der Waals surface area (Å²) in [6.45, 7) is -0.161. The van der Waals surface area contributed by atoms with E-state index in [9.17, 15) is 9.90 Å². The summed E-state index contributed by atoms with van der Waals surface area (Å²) in [6.07, 6.45) is 7.94. The monoisotopic (exact) mass is 381 g/mol. The van der Waals surface area contributed by atoms with Crippen molar-refractivity contribution in [1.29, 1.82) is 0 Å². The van der Waals surface area contributed by atoms with E-state index in [0.717, 1.165) is 24.0 Å². The minimum atomic E-state index is -0.435. The van der Waals surface area contributed by atoms with Crippen LogP contribution in [0.15, 0.2) is 54.6 Å². The van der Waals surface area contributed by atoms with Gasteiger partial charge in [0.25, 0.3) is 0 Å². The van der Waals surface area contributed by atoms with Crippen molar-refractivity contribution in [2.45, 2.75) is 37.8 Å². The summed E-state index contributed by atoms with van der Waals surface area (Å²) in [4.78, 5) is 12.3. The molecule has 1 saturated carbocycles. The summed E-state index contributed by atoms with van der Waals surface area (Å²) in [6, 6.07) is 14.6. The van der Waals surface area contributed by atoms with Gasteiger partial charge in [-0.2, -0.15) is 0 Å². The first-order chi connectivity index (χ1) is 13.7. The number of nitrogens with one attached hydrogen (secondary N) is 1. The molecule has 0 radical (unpaired) electrons. The van der Waals surface area contributed by atoms with Crippen LogP contribution in [-0.4, -0.2) is 30.8 Å². The molecule has 0 aromatic heterocycles. The molecule has 1 amide bonds. The molecular formula is C23H27NO4. The number of methoxy groups -OCH3 is 1. The lowest BCUT2D eigenvalue weighted by molar-refractivity contribution is -0.117. The van der Waals surface area contributed by atoms with E-state index in [2.05, 4.69) is 5.32 Å². The highest BCUT2D eigenvalue weighted by Crippen LogP contribution is 2.32. The quantitative estimate of drug-likeness (QED) is 0.681. The molecule has 2 aromatic rings. The normalized spacial score (nSPS) is 15.5. The Balaban J connectivity index is 1.66. The van der Waals surface area contributed by atoms with Crippen LogP contribution in [0.3, 0.4) is 0 Å². The minimum Gasteiger partial charge on any atom is -0.493 e. The molecule has 1 aliphatic carbocycles. The lowest BCUT2D eigenvalue weighted by Crippen LogP contribution is -2.29. The van der Waals surface area contributed by atoms with Crippen LogP contribution < -0.4 is 14.8 Å². The first kappa shape index (κ1) is 20.0. The molecule has 0 aliphatic heterocycles. The van der Waals surface area contributed by atoms with Crippen molar-refractivity contribution in [2.75, 3.05) is 13.7 Å². The number of aliphatic hydroxyl groups excluding tert-OH is 1. The molecule has 1 fully saturated rings. The summed E-state index contributed by atoms with van der Waals surface area (Å²) in [7, 11) is 1.62. The Kier molecular flexibility index (Phi) is 7.09. The molecule has 5 nitrogen and oxygen atoms in total. The topological polar surface area (TPSA) is 67.8 Å². The fourth-order valence-corrected chi connectivity index (χ4v) is 3.39. The SMILES string of the molecule is COc1ccc(/C=C/C(=O)N[C@@H](CO)c2ccccc2)cc1OC1CCCC1. The van der Waals surface area contributed by atoms with Gasteiger partial charge in [-0.25, -0.2) is 0 Å². The van der Waals surface area contributed by atoms with Gasteiger partial charge in [0.05, 0.1) is 25.9 Å². The first-order valence-corrected chi connectivity index (χ1v) is 9.68. The number of hydrogen-bond acceptors (Lipinski definition) is 4. The third kappa shape index (κ3) is 5.36. The Morgan fingerprint density at radius 3 is 2.61 bits per heavy atom. The maximum atomic E-state index is 12.3. The highest BCUT2D eigenvalue weighted by Gasteiger charge is 2.18. The lowest BCUT2D eigenvalue weighted by atomic mass is 10.1. The van der Waals surface area contributed by atoms with Gasteiger partial charge in [0.2, 0.25) is 5.91 Å². The van der Waals surface area contributed by atoms with Gasteiger partial charge in [-0.05, 0) is 55.0 Å². The van der Waals surface area contributed by atoms with Crippen LogP contribution in [-0.2, 0) is 4.79 Å². The molecule has 1 atom stereocenters. The largest absolute Gasteiger partial charge is 0.493 e. The number of aliphatic hydroxyl groups is 1. The molecule has 3 rings (SSSR count). The van der Waals surface area contributed by atoms with Gasteiger partial charge in [0.15, 0.2) is 11.5 Å². The Morgan fingerprint density at radius 1 is 1.18 bits per heavy atom. The van der Waals surface area contributed by atoms with Gasteiger partial charge >= 0.3 is 0 Å².